The van der Waals surface area contributed by atoms with Gasteiger partial charge in [0, 0.05) is 6.07 Å². The third-order valence-corrected chi connectivity index (χ3v) is 2.11. The molecule has 0 aliphatic carbocycles. The van der Waals surface area contributed by atoms with E-state index in [-0.39, 0.29) is 12.3 Å². The summed E-state index contributed by atoms with van der Waals surface area (Å²) in [6.45, 7) is -0.310. The van der Waals surface area contributed by atoms with Crippen LogP contribution in [0.2, 0.25) is 0 Å². The number of benzene rings is 1. The Labute approximate surface area is 92.9 Å². The fraction of sp³-hybridized carbons (Fsp3) is 0.0833. The molecule has 4 heteroatoms. The van der Waals surface area contributed by atoms with Gasteiger partial charge in [0.2, 0.25) is 5.69 Å². The van der Waals surface area contributed by atoms with Crippen molar-refractivity contribution in [2.24, 2.45) is 0 Å². The molecule has 2 rings (SSSR count). The predicted octanol–water partition coefficient (Wildman–Crippen LogP) is 1.60. The maximum atomic E-state index is 11.2. The van der Waals surface area contributed by atoms with E-state index < -0.39 is 0 Å². The molecule has 0 fully saturated rings. The highest BCUT2D eigenvalue weighted by Gasteiger charge is 2.06. The second-order valence-corrected chi connectivity index (χ2v) is 3.25. The van der Waals surface area contributed by atoms with Crippen molar-refractivity contribution < 1.29 is 14.6 Å². The molecule has 4 nitrogen and oxygen atoms in total. The average molecular weight is 217 g/mol. The molecule has 0 saturated heterocycles. The zero-order chi connectivity index (χ0) is 11.4. The molecule has 0 radical (unpaired) electrons. The van der Waals surface area contributed by atoms with Crippen molar-refractivity contribution in [1.29, 1.82) is 0 Å². The normalized spacial score (nSPS) is 10.1. The SMILES string of the molecule is [O-][n+]1ccc(Oc2ccccc2)cc1CO. The van der Waals surface area contributed by atoms with Crippen LogP contribution < -0.4 is 9.47 Å². The zero-order valence-electron chi connectivity index (χ0n) is 8.54. The molecule has 1 aromatic heterocycles. The number of rotatable bonds is 3. The van der Waals surface area contributed by atoms with Crippen LogP contribution in [-0.2, 0) is 6.61 Å². The van der Waals surface area contributed by atoms with Crippen LogP contribution in [0.3, 0.4) is 0 Å². The van der Waals surface area contributed by atoms with E-state index in [1.165, 1.54) is 12.3 Å². The summed E-state index contributed by atoms with van der Waals surface area (Å²) in [6.07, 6.45) is 1.31. The van der Waals surface area contributed by atoms with Crippen LogP contribution in [0.15, 0.2) is 48.7 Å². The van der Waals surface area contributed by atoms with Gasteiger partial charge >= 0.3 is 0 Å². The van der Waals surface area contributed by atoms with E-state index in [0.717, 1.165) is 0 Å². The highest BCUT2D eigenvalue weighted by atomic mass is 16.5. The van der Waals surface area contributed by atoms with Crippen molar-refractivity contribution >= 4 is 0 Å². The molecular weight excluding hydrogens is 206 g/mol. The van der Waals surface area contributed by atoms with E-state index >= 15 is 0 Å². The Hall–Kier alpha value is -2.07. The van der Waals surface area contributed by atoms with Gasteiger partial charge in [-0.2, -0.15) is 4.73 Å². The van der Waals surface area contributed by atoms with Gasteiger partial charge in [-0.25, -0.2) is 0 Å². The van der Waals surface area contributed by atoms with Gasteiger partial charge in [-0.15, -0.1) is 0 Å². The Bertz CT molecular complexity index is 471. The maximum absolute atomic E-state index is 11.2. The number of aromatic nitrogens is 1. The Morgan fingerprint density at radius 1 is 1.12 bits per heavy atom. The number of hydrogen-bond acceptors (Lipinski definition) is 3. The second-order valence-electron chi connectivity index (χ2n) is 3.25. The number of nitrogens with zero attached hydrogens (tertiary/aromatic N) is 1. The number of aliphatic hydroxyl groups excluding tert-OH is 1. The first-order valence-corrected chi connectivity index (χ1v) is 4.85. The van der Waals surface area contributed by atoms with E-state index in [1.807, 2.05) is 30.3 Å². The fourth-order valence-corrected chi connectivity index (χ4v) is 1.32. The average Bonchev–Trinajstić information content (AvgIpc) is 2.33. The zero-order valence-corrected chi connectivity index (χ0v) is 8.54. The monoisotopic (exact) mass is 217 g/mol. The molecule has 1 heterocycles. The summed E-state index contributed by atoms with van der Waals surface area (Å²) in [7, 11) is 0. The Balaban J connectivity index is 2.22. The molecule has 0 spiro atoms. The van der Waals surface area contributed by atoms with Crippen molar-refractivity contribution in [2.45, 2.75) is 6.61 Å². The van der Waals surface area contributed by atoms with Crippen LogP contribution >= 0.6 is 0 Å². The molecule has 1 N–H and O–H groups in total. The highest BCUT2D eigenvalue weighted by Crippen LogP contribution is 2.20. The first kappa shape index (κ1) is 10.4. The first-order chi connectivity index (χ1) is 7.79. The Morgan fingerprint density at radius 2 is 1.88 bits per heavy atom. The van der Waals surface area contributed by atoms with Crippen LogP contribution in [0.25, 0.3) is 0 Å². The van der Waals surface area contributed by atoms with E-state index in [4.69, 9.17) is 9.84 Å². The lowest BCUT2D eigenvalue weighted by Gasteiger charge is -2.07. The van der Waals surface area contributed by atoms with E-state index in [1.54, 1.807) is 6.07 Å². The van der Waals surface area contributed by atoms with Gasteiger partial charge in [-0.1, -0.05) is 18.2 Å². The van der Waals surface area contributed by atoms with Crippen LogP contribution in [0.1, 0.15) is 5.69 Å². The second kappa shape index (κ2) is 4.63. The number of aliphatic hydroxyl groups is 1. The summed E-state index contributed by atoms with van der Waals surface area (Å²) in [4.78, 5) is 0. The number of para-hydroxylation sites is 1. The summed E-state index contributed by atoms with van der Waals surface area (Å²) >= 11 is 0. The Morgan fingerprint density at radius 3 is 2.56 bits per heavy atom. The summed E-state index contributed by atoms with van der Waals surface area (Å²) in [5.41, 5.74) is 0.258. The topological polar surface area (TPSA) is 56.4 Å². The first-order valence-electron chi connectivity index (χ1n) is 4.85. The largest absolute Gasteiger partial charge is 0.618 e. The van der Waals surface area contributed by atoms with Gasteiger partial charge in [0.25, 0.3) is 0 Å². The van der Waals surface area contributed by atoms with E-state index in [9.17, 15) is 5.21 Å². The summed E-state index contributed by atoms with van der Waals surface area (Å²) in [6, 6.07) is 12.3. The standard InChI is InChI=1S/C12H11NO3/c14-9-10-8-12(6-7-13(10)15)16-11-4-2-1-3-5-11/h1-8,14H,9H2. The lowest BCUT2D eigenvalue weighted by Crippen LogP contribution is -2.30. The fourth-order valence-electron chi connectivity index (χ4n) is 1.32. The molecular formula is C12H11NO3. The van der Waals surface area contributed by atoms with Gasteiger partial charge in [0.1, 0.15) is 18.1 Å². The minimum absolute atomic E-state index is 0.258. The molecule has 16 heavy (non-hydrogen) atoms. The summed E-state index contributed by atoms with van der Waals surface area (Å²) in [5.74, 6) is 1.22. The highest BCUT2D eigenvalue weighted by molar-refractivity contribution is 5.29. The van der Waals surface area contributed by atoms with Crippen LogP contribution in [0.5, 0.6) is 11.5 Å². The van der Waals surface area contributed by atoms with Gasteiger partial charge in [0.15, 0.2) is 6.20 Å². The van der Waals surface area contributed by atoms with Gasteiger partial charge in [-0.05, 0) is 12.1 Å². The van der Waals surface area contributed by atoms with Crippen molar-refractivity contribution in [3.63, 3.8) is 0 Å². The van der Waals surface area contributed by atoms with Crippen molar-refractivity contribution in [3.05, 3.63) is 59.6 Å². The van der Waals surface area contributed by atoms with Gasteiger partial charge < -0.3 is 15.1 Å². The molecule has 0 unspecified atom stereocenters. The van der Waals surface area contributed by atoms with Crippen molar-refractivity contribution in [2.75, 3.05) is 0 Å². The number of ether oxygens (including phenoxy) is 1. The van der Waals surface area contributed by atoms with Gasteiger partial charge in [-0.3, -0.25) is 0 Å². The molecule has 0 bridgehead atoms. The smallest absolute Gasteiger partial charge is 0.221 e. The molecule has 1 aromatic carbocycles. The summed E-state index contributed by atoms with van der Waals surface area (Å²) < 4.78 is 6.12. The summed E-state index contributed by atoms with van der Waals surface area (Å²) in [5, 5.41) is 20.1. The molecule has 2 aromatic rings. The van der Waals surface area contributed by atoms with E-state index in [0.29, 0.717) is 16.2 Å². The van der Waals surface area contributed by atoms with Crippen LogP contribution in [-0.4, -0.2) is 5.11 Å². The molecule has 0 amide bonds. The minimum atomic E-state index is -0.310. The lowest BCUT2D eigenvalue weighted by molar-refractivity contribution is -0.616. The predicted molar refractivity (Wildman–Crippen MR) is 57.8 cm³/mol. The molecule has 0 aliphatic rings. The number of hydrogen-bond donors (Lipinski definition) is 1. The number of pyridine rings is 1. The Kier molecular flexibility index (Phi) is 3.03. The quantitative estimate of drug-likeness (QED) is 0.627. The lowest BCUT2D eigenvalue weighted by atomic mass is 10.3. The minimum Gasteiger partial charge on any atom is -0.618 e. The van der Waals surface area contributed by atoms with Gasteiger partial charge in [0.05, 0.1) is 6.07 Å². The molecule has 82 valence electrons. The van der Waals surface area contributed by atoms with E-state index in [2.05, 4.69) is 0 Å². The van der Waals surface area contributed by atoms with Crippen LogP contribution in [0.4, 0.5) is 0 Å². The third-order valence-electron chi connectivity index (χ3n) is 2.11. The molecule has 0 atom stereocenters. The van der Waals surface area contributed by atoms with Crippen molar-refractivity contribution in [1.82, 2.24) is 0 Å². The molecule has 0 aliphatic heterocycles. The molecule has 0 saturated carbocycles. The third kappa shape index (κ3) is 2.29. The van der Waals surface area contributed by atoms with Crippen molar-refractivity contribution in [3.8, 4) is 11.5 Å². The van der Waals surface area contributed by atoms with Crippen LogP contribution in [0, 0.1) is 5.21 Å². The maximum Gasteiger partial charge on any atom is 0.221 e.